The Morgan fingerprint density at radius 2 is 1.94 bits per heavy atom. The van der Waals surface area contributed by atoms with E-state index in [1.54, 1.807) is 18.2 Å². The second-order valence-electron chi connectivity index (χ2n) is 7.98. The highest BCUT2D eigenvalue weighted by atomic mass is 19.3. The molecule has 1 aliphatic heterocycles. The van der Waals surface area contributed by atoms with Crippen molar-refractivity contribution in [3.8, 4) is 17.6 Å². The molecule has 4 nitrogen and oxygen atoms in total. The van der Waals surface area contributed by atoms with E-state index in [-0.39, 0.29) is 11.6 Å². The third-order valence-electron chi connectivity index (χ3n) is 5.73. The van der Waals surface area contributed by atoms with E-state index in [4.69, 9.17) is 10.7 Å². The Morgan fingerprint density at radius 1 is 1.23 bits per heavy atom. The molecule has 1 heterocycles. The third kappa shape index (κ3) is 4.20. The molecule has 1 atom stereocenters. The summed E-state index contributed by atoms with van der Waals surface area (Å²) < 4.78 is 44.7. The first kappa shape index (κ1) is 21.1. The molecule has 0 saturated heterocycles. The molecule has 2 N–H and O–H groups in total. The quantitative estimate of drug-likeness (QED) is 0.726. The fourth-order valence-corrected chi connectivity index (χ4v) is 3.83. The Balaban J connectivity index is 1.83. The number of halogens is 3. The van der Waals surface area contributed by atoms with Gasteiger partial charge in [0.05, 0.1) is 12.1 Å². The summed E-state index contributed by atoms with van der Waals surface area (Å²) in [5.74, 6) is 6.50. The maximum absolute atomic E-state index is 14.4. The second kappa shape index (κ2) is 8.18. The van der Waals surface area contributed by atoms with E-state index in [9.17, 15) is 13.2 Å². The number of aryl methyl sites for hydroxylation is 1. The normalized spacial score (nSPS) is 20.5. The van der Waals surface area contributed by atoms with Crippen LogP contribution in [-0.4, -0.2) is 31.1 Å². The van der Waals surface area contributed by atoms with Crippen LogP contribution in [0.5, 0.6) is 5.75 Å². The molecular formula is C24H24F3N3O. The highest BCUT2D eigenvalue weighted by molar-refractivity contribution is 5.81. The van der Waals surface area contributed by atoms with Crippen LogP contribution in [0.25, 0.3) is 0 Å². The average molecular weight is 427 g/mol. The second-order valence-corrected chi connectivity index (χ2v) is 7.98. The number of ether oxygens (including phenoxy) is 1. The first-order chi connectivity index (χ1) is 14.8. The summed E-state index contributed by atoms with van der Waals surface area (Å²) in [6, 6.07) is 9.85. The third-order valence-corrected chi connectivity index (χ3v) is 5.73. The minimum Gasteiger partial charge on any atom is -0.435 e. The van der Waals surface area contributed by atoms with Crippen molar-refractivity contribution in [3.05, 3.63) is 64.5 Å². The van der Waals surface area contributed by atoms with Gasteiger partial charge in [0.1, 0.15) is 17.1 Å². The van der Waals surface area contributed by atoms with E-state index >= 15 is 0 Å². The Bertz CT molecular complexity index is 1090. The van der Waals surface area contributed by atoms with Gasteiger partial charge in [0.25, 0.3) is 0 Å². The molecule has 0 aromatic heterocycles. The predicted molar refractivity (Wildman–Crippen MR) is 113 cm³/mol. The molecule has 162 valence electrons. The summed E-state index contributed by atoms with van der Waals surface area (Å²) in [5.41, 5.74) is 7.68. The van der Waals surface area contributed by atoms with Gasteiger partial charge in [-0.2, -0.15) is 8.78 Å². The molecule has 0 spiro atoms. The minimum absolute atomic E-state index is 0.134. The summed E-state index contributed by atoms with van der Waals surface area (Å²) in [6.07, 6.45) is 2.61. The number of benzene rings is 2. The lowest BCUT2D eigenvalue weighted by Crippen LogP contribution is -2.35. The number of alkyl halides is 2. The summed E-state index contributed by atoms with van der Waals surface area (Å²) in [6.45, 7) is -0.606. The molecule has 0 radical (unpaired) electrons. The molecule has 1 saturated carbocycles. The van der Waals surface area contributed by atoms with Gasteiger partial charge in [0, 0.05) is 13.0 Å². The van der Waals surface area contributed by atoms with Crippen LogP contribution in [0.4, 0.5) is 13.2 Å². The number of aliphatic imine (C=N–C) groups is 1. The summed E-state index contributed by atoms with van der Waals surface area (Å²) in [7, 11) is 1.83. The zero-order valence-corrected chi connectivity index (χ0v) is 17.5. The molecule has 31 heavy (non-hydrogen) atoms. The van der Waals surface area contributed by atoms with Gasteiger partial charge < -0.3 is 15.4 Å². The highest BCUT2D eigenvalue weighted by Crippen LogP contribution is 2.40. The van der Waals surface area contributed by atoms with Crippen LogP contribution in [0, 0.1) is 23.6 Å². The zero-order chi connectivity index (χ0) is 22.2. The monoisotopic (exact) mass is 427 g/mol. The van der Waals surface area contributed by atoms with Crippen LogP contribution in [0.2, 0.25) is 0 Å². The number of likely N-dealkylation sites (N-methyl/N-ethyl adjacent to an activating group) is 1. The van der Waals surface area contributed by atoms with E-state index in [1.807, 2.05) is 24.9 Å². The Labute approximate surface area is 179 Å². The van der Waals surface area contributed by atoms with Gasteiger partial charge in [-0.3, -0.25) is 0 Å². The summed E-state index contributed by atoms with van der Waals surface area (Å²) in [4.78, 5) is 6.56. The highest BCUT2D eigenvalue weighted by Gasteiger charge is 2.41. The standard InChI is InChI=1S/C24H24F3N3O/c1-3-16-12-19(9-11-21(16)31-22(26)27)24(14-30(2)23(28)29-24)18-8-10-20(25)17(13-18)7-6-15-4-5-15/h8-13,15,22H,3-5,14H2,1-2H3,(H2,28,29). The zero-order valence-electron chi connectivity index (χ0n) is 17.5. The van der Waals surface area contributed by atoms with Gasteiger partial charge in [0.15, 0.2) is 5.96 Å². The van der Waals surface area contributed by atoms with Crippen molar-refractivity contribution in [1.82, 2.24) is 4.90 Å². The van der Waals surface area contributed by atoms with Crippen molar-refractivity contribution in [2.75, 3.05) is 13.6 Å². The van der Waals surface area contributed by atoms with Crippen LogP contribution in [0.15, 0.2) is 41.4 Å². The fraction of sp³-hybridized carbons (Fsp3) is 0.375. The largest absolute Gasteiger partial charge is 0.435 e. The van der Waals surface area contributed by atoms with Crippen molar-refractivity contribution in [2.24, 2.45) is 16.6 Å². The number of nitrogens with zero attached hydrogens (tertiary/aromatic N) is 2. The van der Waals surface area contributed by atoms with Crippen LogP contribution in [-0.2, 0) is 12.0 Å². The van der Waals surface area contributed by atoms with Crippen molar-refractivity contribution >= 4 is 5.96 Å². The van der Waals surface area contributed by atoms with Gasteiger partial charge in [-0.25, -0.2) is 9.38 Å². The van der Waals surface area contributed by atoms with E-state index in [1.165, 1.54) is 12.1 Å². The van der Waals surface area contributed by atoms with Crippen LogP contribution in [0.1, 0.15) is 42.0 Å². The van der Waals surface area contributed by atoms with Crippen molar-refractivity contribution in [2.45, 2.75) is 38.3 Å². The molecule has 1 aliphatic carbocycles. The molecule has 4 rings (SSSR count). The SMILES string of the molecule is CCc1cc(C2(c3ccc(F)c(C#CC4CC4)c3)CN(C)C(N)=N2)ccc1OC(F)F. The number of hydrogen-bond donors (Lipinski definition) is 1. The van der Waals surface area contributed by atoms with E-state index < -0.39 is 12.2 Å². The van der Waals surface area contributed by atoms with Gasteiger partial charge in [-0.05, 0) is 60.2 Å². The number of guanidine groups is 1. The lowest BCUT2D eigenvalue weighted by molar-refractivity contribution is -0.0504. The van der Waals surface area contributed by atoms with Gasteiger partial charge in [-0.15, -0.1) is 0 Å². The molecule has 0 bridgehead atoms. The number of hydrogen-bond acceptors (Lipinski definition) is 4. The van der Waals surface area contributed by atoms with Crippen LogP contribution >= 0.6 is 0 Å². The molecule has 2 aliphatic rings. The Morgan fingerprint density at radius 3 is 2.55 bits per heavy atom. The van der Waals surface area contributed by atoms with Crippen LogP contribution in [0.3, 0.4) is 0 Å². The topological polar surface area (TPSA) is 50.8 Å². The van der Waals surface area contributed by atoms with E-state index in [0.717, 1.165) is 24.0 Å². The van der Waals surface area contributed by atoms with Gasteiger partial charge >= 0.3 is 6.61 Å². The summed E-state index contributed by atoms with van der Waals surface area (Å²) in [5, 5.41) is 0. The minimum atomic E-state index is -2.90. The van der Waals surface area contributed by atoms with Gasteiger partial charge in [-0.1, -0.05) is 30.9 Å². The molecule has 2 aromatic rings. The number of rotatable bonds is 5. The van der Waals surface area contributed by atoms with E-state index in [0.29, 0.717) is 36.0 Å². The van der Waals surface area contributed by atoms with E-state index in [2.05, 4.69) is 16.6 Å². The molecule has 7 heteroatoms. The smallest absolute Gasteiger partial charge is 0.387 e. The molecule has 0 amide bonds. The maximum atomic E-state index is 14.4. The molecule has 1 unspecified atom stereocenters. The fourth-order valence-electron chi connectivity index (χ4n) is 3.83. The lowest BCUT2D eigenvalue weighted by atomic mass is 9.82. The van der Waals surface area contributed by atoms with Gasteiger partial charge in [0.2, 0.25) is 0 Å². The average Bonchev–Trinajstić information content (AvgIpc) is 3.51. The number of nitrogens with two attached hydrogens (primary N) is 1. The lowest BCUT2D eigenvalue weighted by Gasteiger charge is -2.29. The molecule has 1 fully saturated rings. The maximum Gasteiger partial charge on any atom is 0.387 e. The predicted octanol–water partition coefficient (Wildman–Crippen LogP) is 4.25. The Kier molecular flexibility index (Phi) is 5.57. The van der Waals surface area contributed by atoms with Crippen LogP contribution < -0.4 is 10.5 Å². The van der Waals surface area contributed by atoms with Crippen molar-refractivity contribution < 1.29 is 17.9 Å². The first-order valence-electron chi connectivity index (χ1n) is 10.3. The molecular weight excluding hydrogens is 403 g/mol. The Hall–Kier alpha value is -3.14. The molecule has 2 aromatic carbocycles. The van der Waals surface area contributed by atoms with Crippen molar-refractivity contribution in [1.29, 1.82) is 0 Å². The van der Waals surface area contributed by atoms with Crippen molar-refractivity contribution in [3.63, 3.8) is 0 Å². The summed E-state index contributed by atoms with van der Waals surface area (Å²) >= 11 is 0. The first-order valence-corrected chi connectivity index (χ1v) is 10.3.